The molecule has 1 N–H and O–H groups in total. The van der Waals surface area contributed by atoms with Crippen LogP contribution in [-0.2, 0) is 11.2 Å². The van der Waals surface area contributed by atoms with Gasteiger partial charge in [-0.2, -0.15) is 0 Å². The molecular formula is C56H80O4. The predicted octanol–water partition coefficient (Wildman–Crippen LogP) is 15.1. The van der Waals surface area contributed by atoms with E-state index in [1.54, 1.807) is 24.3 Å². The second kappa shape index (κ2) is 15.8. The van der Waals surface area contributed by atoms with Crippen molar-refractivity contribution in [3.05, 3.63) is 77.4 Å². The number of aromatic hydroxyl groups is 1. The number of esters is 1. The number of phenols is 1. The van der Waals surface area contributed by atoms with Crippen LogP contribution in [0.4, 0.5) is 0 Å². The number of rotatable bonds is 14. The lowest BCUT2D eigenvalue weighted by molar-refractivity contribution is -0.230. The van der Waals surface area contributed by atoms with Gasteiger partial charge in [-0.15, -0.1) is 0 Å². The van der Waals surface area contributed by atoms with E-state index < -0.39 is 5.97 Å². The van der Waals surface area contributed by atoms with E-state index in [1.165, 1.54) is 89.4 Å². The van der Waals surface area contributed by atoms with Crippen molar-refractivity contribution in [3.63, 3.8) is 0 Å². The number of methoxy groups -OCH3 is 1. The molecule has 5 aliphatic carbocycles. The van der Waals surface area contributed by atoms with Crippen LogP contribution < -0.4 is 9.47 Å². The highest BCUT2D eigenvalue weighted by Crippen LogP contribution is 2.95. The Hall–Kier alpha value is -3.27. The molecule has 4 nitrogen and oxygen atoms in total. The summed E-state index contributed by atoms with van der Waals surface area (Å²) in [7, 11) is 1.50. The predicted molar refractivity (Wildman–Crippen MR) is 250 cm³/mol. The third-order valence-corrected chi connectivity index (χ3v) is 20.5. The summed E-state index contributed by atoms with van der Waals surface area (Å²) in [6.45, 7) is 33.1. The minimum Gasteiger partial charge on any atom is -0.504 e. The minimum absolute atomic E-state index is 0.0564. The van der Waals surface area contributed by atoms with Gasteiger partial charge in [0.15, 0.2) is 11.5 Å². The first-order valence-corrected chi connectivity index (χ1v) is 23.9. The lowest BCUT2D eigenvalue weighted by Crippen LogP contribution is -2.64. The van der Waals surface area contributed by atoms with Gasteiger partial charge in [0, 0.05) is 6.08 Å². The van der Waals surface area contributed by atoms with E-state index in [4.69, 9.17) is 9.47 Å². The summed E-state index contributed by atoms with van der Waals surface area (Å²) in [5.74, 6) is 4.45. The minimum atomic E-state index is -0.450. The molecule has 0 bridgehead atoms. The number of benzene rings is 2. The highest BCUT2D eigenvalue weighted by molar-refractivity contribution is 5.89. The molecule has 2 aromatic rings. The smallest absolute Gasteiger partial charge is 0.336 e. The summed E-state index contributed by atoms with van der Waals surface area (Å²) in [6.07, 6.45) is 24.8. The van der Waals surface area contributed by atoms with E-state index in [2.05, 4.69) is 101 Å². The average molecular weight is 817 g/mol. The molecule has 0 aliphatic heterocycles. The Morgan fingerprint density at radius 3 is 2.17 bits per heavy atom. The van der Waals surface area contributed by atoms with Gasteiger partial charge in [-0.1, -0.05) is 125 Å². The number of phenolic OH excluding ortho intramolecular Hbond substituents is 1. The topological polar surface area (TPSA) is 55.8 Å². The van der Waals surface area contributed by atoms with E-state index in [-0.39, 0.29) is 11.2 Å². The maximum atomic E-state index is 12.8. The molecule has 0 radical (unpaired) electrons. The van der Waals surface area contributed by atoms with Crippen LogP contribution in [0, 0.1) is 67.5 Å². The van der Waals surface area contributed by atoms with Crippen molar-refractivity contribution in [1.82, 2.24) is 0 Å². The van der Waals surface area contributed by atoms with E-state index in [9.17, 15) is 9.90 Å². The van der Waals surface area contributed by atoms with Gasteiger partial charge in [-0.3, -0.25) is 0 Å². The van der Waals surface area contributed by atoms with Crippen molar-refractivity contribution in [2.75, 3.05) is 7.11 Å². The van der Waals surface area contributed by atoms with Gasteiger partial charge in [0.25, 0.3) is 0 Å². The van der Waals surface area contributed by atoms with E-state index in [0.29, 0.717) is 49.9 Å². The summed E-state index contributed by atoms with van der Waals surface area (Å²) in [4.78, 5) is 12.8. The molecule has 0 aromatic heterocycles. The number of ether oxygens (including phenoxy) is 2. The molecule has 5 fully saturated rings. The molecule has 2 spiro atoms. The second-order valence-electron chi connectivity index (χ2n) is 22.7. The van der Waals surface area contributed by atoms with Crippen molar-refractivity contribution in [2.24, 2.45) is 67.5 Å². The average Bonchev–Trinajstić information content (AvgIpc) is 3.82. The summed E-state index contributed by atoms with van der Waals surface area (Å²) >= 11 is 0. The first-order chi connectivity index (χ1) is 28.2. The van der Waals surface area contributed by atoms with Crippen LogP contribution in [0.3, 0.4) is 0 Å². The molecule has 0 heterocycles. The number of fused-ring (bicyclic) bond motifs is 2. The fraction of sp³-hybridized carbons (Fsp3) is 0.661. The third kappa shape index (κ3) is 6.69. The Bertz CT molecular complexity index is 2020. The highest BCUT2D eigenvalue weighted by atomic mass is 16.5. The lowest BCUT2D eigenvalue weighted by atomic mass is 9.33. The molecule has 10 atom stereocenters. The standard InChI is InChI=1S/C56H80O4/c1-14-43-34-41(20-23-47(43)60-49(58)24-21-42-19-22-46(57)48(35-42)59-13)18-15-38(4)33-44-25-28-55-36-56(55)32-29-51(9)45(40(6)17-16-39(5)37(2)3)26-27-53(51,11)54(56,12)31-30-52(55,10)50(44,7)8/h15,18-24,34-35,37,39-40,44-45,57H,4,14,16-17,25-33,36H2,1-3,5-13H3/b18-15+,24-21+/t39?,40?,44?,45?,51?,52-,53+,54-,55?,56?/m0/s1. The molecule has 0 saturated heterocycles. The molecule has 7 rings (SSSR count). The van der Waals surface area contributed by atoms with Crippen molar-refractivity contribution < 1.29 is 19.4 Å². The Balaban J connectivity index is 1.00. The molecule has 5 saturated carbocycles. The molecule has 0 amide bonds. The second-order valence-corrected chi connectivity index (χ2v) is 22.7. The summed E-state index contributed by atoms with van der Waals surface area (Å²) < 4.78 is 10.9. The zero-order valence-corrected chi connectivity index (χ0v) is 39.7. The Labute approximate surface area is 365 Å². The maximum Gasteiger partial charge on any atom is 0.336 e. The van der Waals surface area contributed by atoms with E-state index in [1.807, 2.05) is 12.1 Å². The Morgan fingerprint density at radius 1 is 0.800 bits per heavy atom. The van der Waals surface area contributed by atoms with E-state index in [0.717, 1.165) is 53.2 Å². The Kier molecular flexibility index (Phi) is 11.8. The van der Waals surface area contributed by atoms with Gasteiger partial charge in [-0.05, 0) is 185 Å². The summed E-state index contributed by atoms with van der Waals surface area (Å²) in [5.41, 5.74) is 6.86. The van der Waals surface area contributed by atoms with Crippen molar-refractivity contribution in [1.29, 1.82) is 0 Å². The van der Waals surface area contributed by atoms with Crippen molar-refractivity contribution >= 4 is 18.1 Å². The molecule has 4 heteroatoms. The number of carbonyl (C=O) groups excluding carboxylic acids is 1. The van der Waals surface area contributed by atoms with Crippen LogP contribution in [0.25, 0.3) is 12.2 Å². The maximum absolute atomic E-state index is 12.8. The quantitative estimate of drug-likeness (QED) is 0.0893. The third-order valence-electron chi connectivity index (χ3n) is 20.5. The van der Waals surface area contributed by atoms with Gasteiger partial charge in [-0.25, -0.2) is 4.79 Å². The first kappa shape index (κ1) is 44.8. The van der Waals surface area contributed by atoms with Gasteiger partial charge >= 0.3 is 5.97 Å². The monoisotopic (exact) mass is 817 g/mol. The number of aryl methyl sites for hydroxylation is 1. The number of hydrogen-bond acceptors (Lipinski definition) is 4. The molecule has 60 heavy (non-hydrogen) atoms. The summed E-state index contributed by atoms with van der Waals surface area (Å²) in [5, 5.41) is 9.87. The van der Waals surface area contributed by atoms with Gasteiger partial charge in [0.1, 0.15) is 5.75 Å². The number of carbonyl (C=O) groups is 1. The summed E-state index contributed by atoms with van der Waals surface area (Å²) in [6, 6.07) is 11.0. The fourth-order valence-corrected chi connectivity index (χ4v) is 15.5. The van der Waals surface area contributed by atoms with Crippen LogP contribution in [0.2, 0.25) is 0 Å². The van der Waals surface area contributed by atoms with Gasteiger partial charge < -0.3 is 14.6 Å². The lowest BCUT2D eigenvalue weighted by Gasteiger charge is -2.71. The van der Waals surface area contributed by atoms with Gasteiger partial charge in [0.05, 0.1) is 7.11 Å². The fourth-order valence-electron chi connectivity index (χ4n) is 15.5. The zero-order chi connectivity index (χ0) is 43.7. The van der Waals surface area contributed by atoms with Crippen LogP contribution in [-0.4, -0.2) is 18.2 Å². The SMILES string of the molecule is C=C(/C=C/c1ccc(OC(=O)/C=C/c2ccc(O)c(OC)c2)c(CC)c1)CC1CCC23CC24CCC2(C)C(C(C)CCC(C)C(C)C)CC[C@@]2(C)[C@]4(C)CC[C@@]3(C)C1(C)C. The molecular weight excluding hydrogens is 737 g/mol. The van der Waals surface area contributed by atoms with Crippen LogP contribution in [0.1, 0.15) is 170 Å². The van der Waals surface area contributed by atoms with Crippen molar-refractivity contribution in [2.45, 2.75) is 160 Å². The van der Waals surface area contributed by atoms with Crippen LogP contribution in [0.15, 0.2) is 60.7 Å². The largest absolute Gasteiger partial charge is 0.504 e. The highest BCUT2D eigenvalue weighted by Gasteiger charge is 2.88. The molecule has 2 aromatic carbocycles. The van der Waals surface area contributed by atoms with Gasteiger partial charge in [0.2, 0.25) is 0 Å². The molecule has 7 unspecified atom stereocenters. The van der Waals surface area contributed by atoms with Crippen molar-refractivity contribution in [3.8, 4) is 17.2 Å². The zero-order valence-electron chi connectivity index (χ0n) is 39.7. The molecule has 328 valence electrons. The molecule has 5 aliphatic rings. The number of allylic oxidation sites excluding steroid dienone is 2. The van der Waals surface area contributed by atoms with Crippen LogP contribution >= 0.6 is 0 Å². The van der Waals surface area contributed by atoms with E-state index >= 15 is 0 Å². The normalized spacial score (nSPS) is 36.3. The number of hydrogen-bond donors (Lipinski definition) is 1. The first-order valence-electron chi connectivity index (χ1n) is 23.9. The van der Waals surface area contributed by atoms with Crippen LogP contribution in [0.5, 0.6) is 17.2 Å². The Morgan fingerprint density at radius 2 is 1.47 bits per heavy atom.